The van der Waals surface area contributed by atoms with Crippen LogP contribution < -0.4 is 9.47 Å². The largest absolute Gasteiger partial charge is 0.497 e. The molecule has 10 nitrogen and oxygen atoms in total. The van der Waals surface area contributed by atoms with Crippen LogP contribution in [0.1, 0.15) is 18.9 Å². The van der Waals surface area contributed by atoms with Crippen LogP contribution in [0.4, 0.5) is 4.79 Å². The number of methoxy groups -OCH3 is 2. The van der Waals surface area contributed by atoms with Crippen molar-refractivity contribution in [3.63, 3.8) is 0 Å². The van der Waals surface area contributed by atoms with E-state index >= 15 is 0 Å². The molecule has 2 aliphatic rings. The fraction of sp³-hybridized carbons (Fsp3) is 0.609. The average Bonchev–Trinajstić information content (AvgIpc) is 2.85. The topological polar surface area (TPSA) is 91.9 Å². The van der Waals surface area contributed by atoms with Gasteiger partial charge in [0, 0.05) is 51.4 Å². The van der Waals surface area contributed by atoms with Crippen molar-refractivity contribution in [3.05, 3.63) is 23.8 Å². The molecular formula is C23H34N4O6. The van der Waals surface area contributed by atoms with Crippen molar-refractivity contribution in [3.8, 4) is 11.5 Å². The smallest absolute Gasteiger partial charge is 0.327 e. The van der Waals surface area contributed by atoms with Crippen LogP contribution in [0.5, 0.6) is 11.5 Å². The van der Waals surface area contributed by atoms with Gasteiger partial charge < -0.3 is 24.0 Å². The molecule has 1 aromatic rings. The van der Waals surface area contributed by atoms with Crippen LogP contribution in [0.2, 0.25) is 0 Å². The third kappa shape index (κ3) is 6.14. The SMILES string of the molecule is CCN1CCN(C(=O)N(CCCN2CCOCC2)Cc2cc(OC)ccc2OC)C(=O)C1=O. The number of hydrogen-bond donors (Lipinski definition) is 0. The Bertz CT molecular complexity index is 842. The third-order valence-electron chi connectivity index (χ3n) is 6.05. The van der Waals surface area contributed by atoms with Crippen molar-refractivity contribution in [2.45, 2.75) is 19.9 Å². The number of ether oxygens (including phenoxy) is 3. The molecule has 2 aliphatic heterocycles. The van der Waals surface area contributed by atoms with Gasteiger partial charge in [0.2, 0.25) is 0 Å². The van der Waals surface area contributed by atoms with Gasteiger partial charge >= 0.3 is 17.8 Å². The monoisotopic (exact) mass is 462 g/mol. The molecule has 2 saturated heterocycles. The number of rotatable bonds is 9. The molecule has 182 valence electrons. The van der Waals surface area contributed by atoms with Crippen LogP contribution in [0, 0.1) is 0 Å². The molecule has 0 aliphatic carbocycles. The number of likely N-dealkylation sites (N-methyl/N-ethyl adjacent to an activating group) is 1. The summed E-state index contributed by atoms with van der Waals surface area (Å²) in [5.74, 6) is -0.137. The summed E-state index contributed by atoms with van der Waals surface area (Å²) in [4.78, 5) is 44.9. The van der Waals surface area contributed by atoms with Gasteiger partial charge in [-0.25, -0.2) is 4.79 Å². The van der Waals surface area contributed by atoms with E-state index in [0.717, 1.165) is 36.5 Å². The normalized spacial score (nSPS) is 17.3. The van der Waals surface area contributed by atoms with Crippen molar-refractivity contribution in [1.82, 2.24) is 19.6 Å². The lowest BCUT2D eigenvalue weighted by Crippen LogP contribution is -2.58. The quantitative estimate of drug-likeness (QED) is 0.507. The number of urea groups is 1. The molecule has 2 heterocycles. The van der Waals surface area contributed by atoms with Crippen molar-refractivity contribution in [2.24, 2.45) is 0 Å². The highest BCUT2D eigenvalue weighted by molar-refractivity contribution is 6.38. The highest BCUT2D eigenvalue weighted by Gasteiger charge is 2.37. The Balaban J connectivity index is 1.76. The molecule has 3 rings (SSSR count). The predicted octanol–water partition coefficient (Wildman–Crippen LogP) is 1.04. The first kappa shape index (κ1) is 24.8. The highest BCUT2D eigenvalue weighted by atomic mass is 16.5. The van der Waals surface area contributed by atoms with E-state index in [0.29, 0.717) is 44.3 Å². The Morgan fingerprint density at radius 3 is 2.48 bits per heavy atom. The first-order chi connectivity index (χ1) is 16.0. The molecule has 0 bridgehead atoms. The third-order valence-corrected chi connectivity index (χ3v) is 6.05. The molecule has 0 radical (unpaired) electrons. The lowest BCUT2D eigenvalue weighted by molar-refractivity contribution is -0.153. The number of nitrogens with zero attached hydrogens (tertiary/aromatic N) is 4. The van der Waals surface area contributed by atoms with Gasteiger partial charge in [0.05, 0.1) is 34.0 Å². The first-order valence-electron chi connectivity index (χ1n) is 11.4. The Labute approximate surface area is 194 Å². The van der Waals surface area contributed by atoms with Gasteiger partial charge in [-0.15, -0.1) is 0 Å². The van der Waals surface area contributed by atoms with E-state index in [1.807, 2.05) is 13.0 Å². The van der Waals surface area contributed by atoms with Gasteiger partial charge in [-0.05, 0) is 31.5 Å². The molecule has 2 fully saturated rings. The Kier molecular flexibility index (Phi) is 8.90. The van der Waals surface area contributed by atoms with Gasteiger partial charge in [-0.2, -0.15) is 0 Å². The molecule has 1 aromatic carbocycles. The van der Waals surface area contributed by atoms with Crippen molar-refractivity contribution < 1.29 is 28.6 Å². The second kappa shape index (κ2) is 11.9. The first-order valence-corrected chi connectivity index (χ1v) is 11.4. The number of piperazine rings is 1. The Morgan fingerprint density at radius 2 is 1.82 bits per heavy atom. The summed E-state index contributed by atoms with van der Waals surface area (Å²) in [6.07, 6.45) is 0.731. The fourth-order valence-corrected chi connectivity index (χ4v) is 4.09. The summed E-state index contributed by atoms with van der Waals surface area (Å²) in [6.45, 7) is 7.43. The fourth-order valence-electron chi connectivity index (χ4n) is 4.09. The van der Waals surface area contributed by atoms with Crippen LogP contribution in [-0.2, 0) is 20.9 Å². The average molecular weight is 463 g/mol. The molecule has 10 heteroatoms. The van der Waals surface area contributed by atoms with Gasteiger partial charge in [0.15, 0.2) is 0 Å². The van der Waals surface area contributed by atoms with Gasteiger partial charge in [-0.3, -0.25) is 19.4 Å². The number of amides is 4. The molecule has 33 heavy (non-hydrogen) atoms. The minimum Gasteiger partial charge on any atom is -0.497 e. The zero-order chi connectivity index (χ0) is 23.8. The van der Waals surface area contributed by atoms with E-state index < -0.39 is 17.8 Å². The summed E-state index contributed by atoms with van der Waals surface area (Å²) >= 11 is 0. The van der Waals surface area contributed by atoms with Crippen LogP contribution in [0.25, 0.3) is 0 Å². The molecule has 0 aromatic heterocycles. The van der Waals surface area contributed by atoms with Crippen molar-refractivity contribution >= 4 is 17.8 Å². The second-order valence-corrected chi connectivity index (χ2v) is 8.03. The summed E-state index contributed by atoms with van der Waals surface area (Å²) in [5, 5.41) is 0. The number of morpholine rings is 1. The zero-order valence-electron chi connectivity index (χ0n) is 19.7. The predicted molar refractivity (Wildman–Crippen MR) is 121 cm³/mol. The summed E-state index contributed by atoms with van der Waals surface area (Å²) in [6, 6.07) is 4.94. The minimum atomic E-state index is -0.774. The number of benzene rings is 1. The van der Waals surface area contributed by atoms with E-state index in [9.17, 15) is 14.4 Å². The van der Waals surface area contributed by atoms with Gasteiger partial charge in [0.25, 0.3) is 0 Å². The maximum atomic E-state index is 13.4. The van der Waals surface area contributed by atoms with Gasteiger partial charge in [0.1, 0.15) is 11.5 Å². The molecule has 4 amide bonds. The van der Waals surface area contributed by atoms with E-state index in [1.54, 1.807) is 31.3 Å². The summed E-state index contributed by atoms with van der Waals surface area (Å²) < 4.78 is 16.2. The van der Waals surface area contributed by atoms with E-state index in [2.05, 4.69) is 4.90 Å². The minimum absolute atomic E-state index is 0.187. The maximum Gasteiger partial charge on any atom is 0.327 e. The lowest BCUT2D eigenvalue weighted by Gasteiger charge is -2.35. The number of carbonyl (C=O) groups excluding carboxylic acids is 3. The molecule has 0 atom stereocenters. The Hall–Kier alpha value is -2.85. The van der Waals surface area contributed by atoms with Crippen molar-refractivity contribution in [1.29, 1.82) is 0 Å². The number of carbonyl (C=O) groups is 3. The van der Waals surface area contributed by atoms with Crippen molar-refractivity contribution in [2.75, 3.05) is 73.2 Å². The standard InChI is InChI=1S/C23H34N4O6/c1-4-25-10-11-27(22(29)21(25)28)23(30)26(9-5-8-24-12-14-33-15-13-24)17-18-16-19(31-2)6-7-20(18)32-3/h6-7,16H,4-5,8-15,17H2,1-3H3. The van der Waals surface area contributed by atoms with Crippen LogP contribution in [0.15, 0.2) is 18.2 Å². The summed E-state index contributed by atoms with van der Waals surface area (Å²) in [7, 11) is 3.15. The van der Waals surface area contributed by atoms with Gasteiger partial charge in [-0.1, -0.05) is 0 Å². The van der Waals surface area contributed by atoms with Crippen LogP contribution in [-0.4, -0.2) is 111 Å². The van der Waals surface area contributed by atoms with Crippen LogP contribution >= 0.6 is 0 Å². The molecule has 0 unspecified atom stereocenters. The molecule has 0 N–H and O–H groups in total. The second-order valence-electron chi connectivity index (χ2n) is 8.03. The molecule has 0 spiro atoms. The lowest BCUT2D eigenvalue weighted by atomic mass is 10.1. The van der Waals surface area contributed by atoms with E-state index in [1.165, 1.54) is 4.90 Å². The Morgan fingerprint density at radius 1 is 1.06 bits per heavy atom. The number of hydrogen-bond acceptors (Lipinski definition) is 7. The van der Waals surface area contributed by atoms with Crippen LogP contribution in [0.3, 0.4) is 0 Å². The molecule has 0 saturated carbocycles. The van der Waals surface area contributed by atoms with E-state index in [4.69, 9.17) is 14.2 Å². The zero-order valence-corrected chi connectivity index (χ0v) is 19.7. The highest BCUT2D eigenvalue weighted by Crippen LogP contribution is 2.26. The number of imide groups is 1. The molecular weight excluding hydrogens is 428 g/mol. The summed E-state index contributed by atoms with van der Waals surface area (Å²) in [5.41, 5.74) is 0.766. The van der Waals surface area contributed by atoms with E-state index in [-0.39, 0.29) is 13.1 Å². The maximum absolute atomic E-state index is 13.4.